The van der Waals surface area contributed by atoms with Gasteiger partial charge in [0.1, 0.15) is 0 Å². The molecule has 1 fully saturated rings. The van der Waals surface area contributed by atoms with Gasteiger partial charge in [0.25, 0.3) is 0 Å². The number of piperazine rings is 1. The number of nitrogens with zero attached hydrogens (tertiary/aromatic N) is 2. The first-order chi connectivity index (χ1) is 9.90. The standard InChI is InChI=1S/C16H32N2O3/c1-4-21-15(19)8-6-5-7-9-17-10-12-18(13-11-17)14-16(2,3)20/h20H,4-14H2,1-3H3. The van der Waals surface area contributed by atoms with Crippen molar-refractivity contribution in [1.82, 2.24) is 9.80 Å². The largest absolute Gasteiger partial charge is 0.466 e. The number of unbranched alkanes of at least 4 members (excludes halogenated alkanes) is 2. The van der Waals surface area contributed by atoms with Crippen LogP contribution < -0.4 is 0 Å². The van der Waals surface area contributed by atoms with Gasteiger partial charge in [-0.15, -0.1) is 0 Å². The van der Waals surface area contributed by atoms with Gasteiger partial charge in [0.15, 0.2) is 0 Å². The van der Waals surface area contributed by atoms with Crippen LogP contribution in [0.1, 0.15) is 46.5 Å². The summed E-state index contributed by atoms with van der Waals surface area (Å²) >= 11 is 0. The number of rotatable bonds is 9. The zero-order valence-electron chi connectivity index (χ0n) is 13.9. The number of aliphatic hydroxyl groups is 1. The van der Waals surface area contributed by atoms with Crippen molar-refractivity contribution in [2.24, 2.45) is 0 Å². The summed E-state index contributed by atoms with van der Waals surface area (Å²) in [6.45, 7) is 12.1. The third-order valence-corrected chi connectivity index (χ3v) is 3.74. The molecule has 0 spiro atoms. The van der Waals surface area contributed by atoms with Crippen LogP contribution in [0, 0.1) is 0 Å². The number of carbonyl (C=O) groups is 1. The minimum Gasteiger partial charge on any atom is -0.466 e. The molecule has 0 radical (unpaired) electrons. The normalized spacial score (nSPS) is 17.9. The van der Waals surface area contributed by atoms with Crippen molar-refractivity contribution in [2.45, 2.75) is 52.1 Å². The Kier molecular flexibility index (Phi) is 8.22. The van der Waals surface area contributed by atoms with Gasteiger partial charge in [0, 0.05) is 39.1 Å². The first-order valence-electron chi connectivity index (χ1n) is 8.23. The second kappa shape index (κ2) is 9.38. The molecule has 1 aliphatic rings. The maximum atomic E-state index is 11.2. The molecule has 0 atom stereocenters. The lowest BCUT2D eigenvalue weighted by atomic mass is 10.1. The third kappa shape index (κ3) is 9.06. The van der Waals surface area contributed by atoms with E-state index in [1.807, 2.05) is 20.8 Å². The fraction of sp³-hybridized carbons (Fsp3) is 0.938. The monoisotopic (exact) mass is 300 g/mol. The van der Waals surface area contributed by atoms with Gasteiger partial charge in [-0.2, -0.15) is 0 Å². The maximum absolute atomic E-state index is 11.2. The fourth-order valence-electron chi connectivity index (χ4n) is 2.73. The molecule has 124 valence electrons. The highest BCUT2D eigenvalue weighted by atomic mass is 16.5. The van der Waals surface area contributed by atoms with Gasteiger partial charge in [-0.25, -0.2) is 0 Å². The molecule has 21 heavy (non-hydrogen) atoms. The molecule has 1 aliphatic heterocycles. The Bertz CT molecular complexity index is 294. The molecule has 1 heterocycles. The lowest BCUT2D eigenvalue weighted by Gasteiger charge is -2.37. The van der Waals surface area contributed by atoms with Crippen molar-refractivity contribution in [2.75, 3.05) is 45.9 Å². The molecule has 5 nitrogen and oxygen atoms in total. The predicted molar refractivity (Wildman–Crippen MR) is 84.3 cm³/mol. The Morgan fingerprint density at radius 3 is 2.29 bits per heavy atom. The Morgan fingerprint density at radius 1 is 1.10 bits per heavy atom. The van der Waals surface area contributed by atoms with Crippen LogP contribution in [-0.2, 0) is 9.53 Å². The first kappa shape index (κ1) is 18.4. The highest BCUT2D eigenvalue weighted by Gasteiger charge is 2.22. The van der Waals surface area contributed by atoms with Crippen LogP contribution in [-0.4, -0.2) is 72.4 Å². The van der Waals surface area contributed by atoms with Gasteiger partial charge in [-0.05, 0) is 40.2 Å². The van der Waals surface area contributed by atoms with Crippen molar-refractivity contribution in [3.63, 3.8) is 0 Å². The summed E-state index contributed by atoms with van der Waals surface area (Å²) in [5.41, 5.74) is -0.602. The molecule has 0 unspecified atom stereocenters. The number of hydrogen-bond acceptors (Lipinski definition) is 5. The molecular formula is C16H32N2O3. The topological polar surface area (TPSA) is 53.0 Å². The quantitative estimate of drug-likeness (QED) is 0.516. The Labute approximate surface area is 129 Å². The Balaban J connectivity index is 2.02. The third-order valence-electron chi connectivity index (χ3n) is 3.74. The molecule has 5 heteroatoms. The van der Waals surface area contributed by atoms with E-state index in [9.17, 15) is 9.90 Å². The molecule has 1 saturated heterocycles. The molecule has 0 aliphatic carbocycles. The van der Waals surface area contributed by atoms with Crippen molar-refractivity contribution in [1.29, 1.82) is 0 Å². The van der Waals surface area contributed by atoms with Gasteiger partial charge in [0.05, 0.1) is 12.2 Å². The minimum absolute atomic E-state index is 0.0715. The van der Waals surface area contributed by atoms with Crippen LogP contribution in [0.4, 0.5) is 0 Å². The highest BCUT2D eigenvalue weighted by Crippen LogP contribution is 2.10. The molecule has 0 aromatic rings. The molecule has 0 aromatic heterocycles. The SMILES string of the molecule is CCOC(=O)CCCCCN1CCN(CC(C)(C)O)CC1. The van der Waals surface area contributed by atoms with Gasteiger partial charge in [0.2, 0.25) is 0 Å². The highest BCUT2D eigenvalue weighted by molar-refractivity contribution is 5.69. The molecule has 0 bridgehead atoms. The number of hydrogen-bond donors (Lipinski definition) is 1. The minimum atomic E-state index is -0.602. The zero-order valence-corrected chi connectivity index (χ0v) is 13.9. The Hall–Kier alpha value is -0.650. The van der Waals surface area contributed by atoms with Gasteiger partial charge >= 0.3 is 5.97 Å². The number of β-amino-alcohol motifs (C(OH)–C–C–N with tert-alkyl or cyclic N) is 1. The van der Waals surface area contributed by atoms with Crippen molar-refractivity contribution >= 4 is 5.97 Å². The molecule has 0 amide bonds. The van der Waals surface area contributed by atoms with E-state index in [1.54, 1.807) is 0 Å². The predicted octanol–water partition coefficient (Wildman–Crippen LogP) is 1.50. The smallest absolute Gasteiger partial charge is 0.305 e. The fourth-order valence-corrected chi connectivity index (χ4v) is 2.73. The second-order valence-corrected chi connectivity index (χ2v) is 6.55. The molecule has 1 rings (SSSR count). The van der Waals surface area contributed by atoms with Crippen molar-refractivity contribution in [3.8, 4) is 0 Å². The van der Waals surface area contributed by atoms with Crippen molar-refractivity contribution < 1.29 is 14.6 Å². The average molecular weight is 300 g/mol. The summed E-state index contributed by atoms with van der Waals surface area (Å²) in [5.74, 6) is -0.0715. The summed E-state index contributed by atoms with van der Waals surface area (Å²) < 4.78 is 4.91. The zero-order chi connectivity index (χ0) is 15.7. The lowest BCUT2D eigenvalue weighted by molar-refractivity contribution is -0.143. The molecule has 0 aromatic carbocycles. The summed E-state index contributed by atoms with van der Waals surface area (Å²) in [6.07, 6.45) is 3.71. The van der Waals surface area contributed by atoms with E-state index >= 15 is 0 Å². The van der Waals surface area contributed by atoms with E-state index in [0.717, 1.165) is 58.5 Å². The molecule has 1 N–H and O–H groups in total. The number of ether oxygens (including phenoxy) is 1. The van der Waals surface area contributed by atoms with Crippen LogP contribution in [0.15, 0.2) is 0 Å². The summed E-state index contributed by atoms with van der Waals surface area (Å²) in [5, 5.41) is 9.83. The van der Waals surface area contributed by atoms with E-state index in [-0.39, 0.29) is 5.97 Å². The number of carbonyl (C=O) groups excluding carboxylic acids is 1. The van der Waals surface area contributed by atoms with Gasteiger partial charge < -0.3 is 14.7 Å². The van der Waals surface area contributed by atoms with Crippen LogP contribution >= 0.6 is 0 Å². The number of esters is 1. The molecule has 0 saturated carbocycles. The summed E-state index contributed by atoms with van der Waals surface area (Å²) in [4.78, 5) is 16.0. The Morgan fingerprint density at radius 2 is 1.71 bits per heavy atom. The summed E-state index contributed by atoms with van der Waals surface area (Å²) in [7, 11) is 0. The van der Waals surface area contributed by atoms with Crippen LogP contribution in [0.25, 0.3) is 0 Å². The first-order valence-corrected chi connectivity index (χ1v) is 8.23. The summed E-state index contributed by atoms with van der Waals surface area (Å²) in [6, 6.07) is 0. The van der Waals surface area contributed by atoms with E-state index in [1.165, 1.54) is 0 Å². The maximum Gasteiger partial charge on any atom is 0.305 e. The van der Waals surface area contributed by atoms with E-state index in [0.29, 0.717) is 13.0 Å². The average Bonchev–Trinajstić information content (AvgIpc) is 2.39. The van der Waals surface area contributed by atoms with Gasteiger partial charge in [-0.1, -0.05) is 6.42 Å². The van der Waals surface area contributed by atoms with E-state index in [4.69, 9.17) is 4.74 Å². The van der Waals surface area contributed by atoms with E-state index < -0.39 is 5.60 Å². The van der Waals surface area contributed by atoms with Crippen LogP contribution in [0.5, 0.6) is 0 Å². The lowest BCUT2D eigenvalue weighted by Crippen LogP contribution is -2.50. The second-order valence-electron chi connectivity index (χ2n) is 6.55. The van der Waals surface area contributed by atoms with Crippen LogP contribution in [0.2, 0.25) is 0 Å². The van der Waals surface area contributed by atoms with Crippen molar-refractivity contribution in [3.05, 3.63) is 0 Å². The van der Waals surface area contributed by atoms with Gasteiger partial charge in [-0.3, -0.25) is 9.69 Å². The molecular weight excluding hydrogens is 268 g/mol. The van der Waals surface area contributed by atoms with Crippen LogP contribution in [0.3, 0.4) is 0 Å². The van der Waals surface area contributed by atoms with E-state index in [2.05, 4.69) is 9.80 Å².